The predicted molar refractivity (Wildman–Crippen MR) is 106 cm³/mol. The average molecular weight is 404 g/mol. The van der Waals surface area contributed by atoms with E-state index in [-0.39, 0.29) is 17.9 Å². The van der Waals surface area contributed by atoms with Gasteiger partial charge in [-0.2, -0.15) is 0 Å². The van der Waals surface area contributed by atoms with E-state index in [0.29, 0.717) is 19.5 Å². The van der Waals surface area contributed by atoms with E-state index in [9.17, 15) is 9.90 Å². The largest absolute Gasteiger partial charge is 0.391 e. The lowest BCUT2D eigenvalue weighted by atomic mass is 10.1. The number of carbonyl (C=O) groups is 1. The Morgan fingerprint density at radius 3 is 2.71 bits per heavy atom. The van der Waals surface area contributed by atoms with Crippen LogP contribution in [0.15, 0.2) is 24.3 Å². The summed E-state index contributed by atoms with van der Waals surface area (Å²) in [5, 5.41) is 19.7. The molecular weight excluding hydrogens is 378 g/mol. The van der Waals surface area contributed by atoms with Gasteiger partial charge in [0, 0.05) is 43.5 Å². The molecular formula is C20H26ClN5O2. The molecule has 2 aromatic rings. The normalized spacial score (nSPS) is 22.7. The summed E-state index contributed by atoms with van der Waals surface area (Å²) in [7, 11) is 0. The Kier molecular flexibility index (Phi) is 5.40. The van der Waals surface area contributed by atoms with E-state index in [1.165, 1.54) is 5.56 Å². The van der Waals surface area contributed by atoms with E-state index < -0.39 is 6.10 Å². The SMILES string of the molecule is CC(C)C(=O)N1C[C@H](O)C[C@H]1c1nnc2n1CCN(Cc1ccc(Cl)cc1)C2. The summed E-state index contributed by atoms with van der Waals surface area (Å²) in [4.78, 5) is 16.7. The molecule has 4 rings (SSSR count). The van der Waals surface area contributed by atoms with Crippen LogP contribution in [0.4, 0.5) is 0 Å². The number of aliphatic hydroxyl groups is 1. The van der Waals surface area contributed by atoms with Crippen LogP contribution in [0.3, 0.4) is 0 Å². The van der Waals surface area contributed by atoms with E-state index in [1.807, 2.05) is 38.1 Å². The van der Waals surface area contributed by atoms with Crippen molar-refractivity contribution in [2.45, 2.75) is 52.0 Å². The number of nitrogens with zero attached hydrogens (tertiary/aromatic N) is 5. The first-order valence-corrected chi connectivity index (χ1v) is 10.2. The van der Waals surface area contributed by atoms with Gasteiger partial charge in [-0.15, -0.1) is 10.2 Å². The van der Waals surface area contributed by atoms with Gasteiger partial charge in [0.1, 0.15) is 5.82 Å². The number of β-amino-alcohol motifs (C(OH)–C–C–N with tert-alkyl or cyclic N) is 1. The third-order valence-electron chi connectivity index (χ3n) is 5.53. The molecule has 1 fully saturated rings. The number of rotatable bonds is 4. The van der Waals surface area contributed by atoms with Crippen LogP contribution in [0.25, 0.3) is 0 Å². The Bertz CT molecular complexity index is 851. The summed E-state index contributed by atoms with van der Waals surface area (Å²) in [5.74, 6) is 1.66. The fraction of sp³-hybridized carbons (Fsp3) is 0.550. The van der Waals surface area contributed by atoms with Gasteiger partial charge < -0.3 is 14.6 Å². The van der Waals surface area contributed by atoms with Crippen LogP contribution in [-0.4, -0.2) is 54.8 Å². The summed E-state index contributed by atoms with van der Waals surface area (Å²) < 4.78 is 2.13. The quantitative estimate of drug-likeness (QED) is 0.847. The number of hydrogen-bond donors (Lipinski definition) is 1. The van der Waals surface area contributed by atoms with Crippen molar-refractivity contribution in [1.82, 2.24) is 24.6 Å². The van der Waals surface area contributed by atoms with Gasteiger partial charge in [0.25, 0.3) is 0 Å². The fourth-order valence-corrected chi connectivity index (χ4v) is 4.22. The van der Waals surface area contributed by atoms with Crippen molar-refractivity contribution in [3.63, 3.8) is 0 Å². The third-order valence-corrected chi connectivity index (χ3v) is 5.79. The third kappa shape index (κ3) is 3.79. The van der Waals surface area contributed by atoms with Crippen LogP contribution in [0.2, 0.25) is 5.02 Å². The zero-order chi connectivity index (χ0) is 19.8. The van der Waals surface area contributed by atoms with Gasteiger partial charge in [-0.25, -0.2) is 0 Å². The lowest BCUT2D eigenvalue weighted by Crippen LogP contribution is -2.37. The van der Waals surface area contributed by atoms with Crippen LogP contribution in [0.5, 0.6) is 0 Å². The van der Waals surface area contributed by atoms with Gasteiger partial charge in [0.15, 0.2) is 5.82 Å². The number of benzene rings is 1. The number of amides is 1. The van der Waals surface area contributed by atoms with Crippen molar-refractivity contribution in [2.24, 2.45) is 5.92 Å². The predicted octanol–water partition coefficient (Wildman–Crippen LogP) is 2.24. The molecule has 3 heterocycles. The van der Waals surface area contributed by atoms with Crippen molar-refractivity contribution in [1.29, 1.82) is 0 Å². The maximum Gasteiger partial charge on any atom is 0.225 e. The summed E-state index contributed by atoms with van der Waals surface area (Å²) in [6.45, 7) is 7.35. The number of hydrogen-bond acceptors (Lipinski definition) is 5. The molecule has 1 aromatic heterocycles. The van der Waals surface area contributed by atoms with Crippen LogP contribution in [-0.2, 0) is 24.4 Å². The molecule has 0 bridgehead atoms. The Balaban J connectivity index is 1.50. The standard InChI is InChI=1S/C20H26ClN5O2/c1-13(2)20(28)26-11-16(27)9-17(26)19-23-22-18-12-24(7-8-25(18)19)10-14-3-5-15(21)6-4-14/h3-6,13,16-17,27H,7-12H2,1-2H3/t16-,17+/m1/s1. The molecule has 0 radical (unpaired) electrons. The first kappa shape index (κ1) is 19.4. The highest BCUT2D eigenvalue weighted by Gasteiger charge is 2.39. The highest BCUT2D eigenvalue weighted by atomic mass is 35.5. The van der Waals surface area contributed by atoms with E-state index in [2.05, 4.69) is 19.7 Å². The van der Waals surface area contributed by atoms with Gasteiger partial charge in [0.2, 0.25) is 5.91 Å². The zero-order valence-corrected chi connectivity index (χ0v) is 17.0. The van der Waals surface area contributed by atoms with E-state index >= 15 is 0 Å². The monoisotopic (exact) mass is 403 g/mol. The van der Waals surface area contributed by atoms with Crippen molar-refractivity contribution < 1.29 is 9.90 Å². The molecule has 2 aliphatic heterocycles. The first-order valence-electron chi connectivity index (χ1n) is 9.79. The Morgan fingerprint density at radius 1 is 1.25 bits per heavy atom. The van der Waals surface area contributed by atoms with Crippen LogP contribution < -0.4 is 0 Å². The van der Waals surface area contributed by atoms with Gasteiger partial charge in [0.05, 0.1) is 18.7 Å². The van der Waals surface area contributed by atoms with Crippen molar-refractivity contribution >= 4 is 17.5 Å². The Labute approximate surface area is 169 Å². The molecule has 1 aromatic carbocycles. The van der Waals surface area contributed by atoms with Crippen LogP contribution in [0.1, 0.15) is 43.5 Å². The molecule has 7 nitrogen and oxygen atoms in total. The van der Waals surface area contributed by atoms with Gasteiger partial charge >= 0.3 is 0 Å². The molecule has 2 aliphatic rings. The minimum Gasteiger partial charge on any atom is -0.391 e. The minimum absolute atomic E-state index is 0.0547. The molecule has 2 atom stereocenters. The van der Waals surface area contributed by atoms with Crippen molar-refractivity contribution in [3.05, 3.63) is 46.5 Å². The molecule has 8 heteroatoms. The second-order valence-corrected chi connectivity index (χ2v) is 8.45. The first-order chi connectivity index (χ1) is 13.4. The molecule has 1 amide bonds. The molecule has 0 saturated carbocycles. The molecule has 0 spiro atoms. The van der Waals surface area contributed by atoms with Gasteiger partial charge in [-0.1, -0.05) is 37.6 Å². The van der Waals surface area contributed by atoms with E-state index in [4.69, 9.17) is 11.6 Å². The lowest BCUT2D eigenvalue weighted by molar-refractivity contribution is -0.135. The van der Waals surface area contributed by atoms with Crippen LogP contribution in [0, 0.1) is 5.92 Å². The Morgan fingerprint density at radius 2 is 2.00 bits per heavy atom. The number of aliphatic hydroxyl groups excluding tert-OH is 1. The summed E-state index contributed by atoms with van der Waals surface area (Å²) >= 11 is 5.97. The van der Waals surface area contributed by atoms with Gasteiger partial charge in [-0.3, -0.25) is 9.69 Å². The smallest absolute Gasteiger partial charge is 0.225 e. The number of halogens is 1. The van der Waals surface area contributed by atoms with E-state index in [0.717, 1.165) is 36.3 Å². The number of carbonyl (C=O) groups excluding carboxylic acids is 1. The fourth-order valence-electron chi connectivity index (χ4n) is 4.09. The molecule has 1 saturated heterocycles. The average Bonchev–Trinajstić information content (AvgIpc) is 3.25. The summed E-state index contributed by atoms with van der Waals surface area (Å²) in [6, 6.07) is 7.71. The number of fused-ring (bicyclic) bond motifs is 1. The second kappa shape index (κ2) is 7.81. The minimum atomic E-state index is -0.509. The molecule has 0 aliphatic carbocycles. The molecule has 0 unspecified atom stereocenters. The highest BCUT2D eigenvalue weighted by Crippen LogP contribution is 2.33. The Hall–Kier alpha value is -1.96. The van der Waals surface area contributed by atoms with Crippen LogP contribution >= 0.6 is 11.6 Å². The zero-order valence-electron chi connectivity index (χ0n) is 16.3. The lowest BCUT2D eigenvalue weighted by Gasteiger charge is -2.30. The molecule has 1 N–H and O–H groups in total. The molecule has 28 heavy (non-hydrogen) atoms. The second-order valence-electron chi connectivity index (χ2n) is 8.01. The maximum absolute atomic E-state index is 12.6. The number of aromatic nitrogens is 3. The summed E-state index contributed by atoms with van der Waals surface area (Å²) in [5.41, 5.74) is 1.21. The van der Waals surface area contributed by atoms with Crippen molar-refractivity contribution in [3.8, 4) is 0 Å². The highest BCUT2D eigenvalue weighted by molar-refractivity contribution is 6.30. The summed E-state index contributed by atoms with van der Waals surface area (Å²) in [6.07, 6.45) is 0.0103. The number of likely N-dealkylation sites (tertiary alicyclic amines) is 1. The molecule has 150 valence electrons. The van der Waals surface area contributed by atoms with E-state index in [1.54, 1.807) is 4.90 Å². The van der Waals surface area contributed by atoms with Crippen molar-refractivity contribution in [2.75, 3.05) is 13.1 Å². The van der Waals surface area contributed by atoms with Gasteiger partial charge in [-0.05, 0) is 17.7 Å². The maximum atomic E-state index is 12.6. The topological polar surface area (TPSA) is 74.5 Å².